The van der Waals surface area contributed by atoms with Gasteiger partial charge in [0.15, 0.2) is 0 Å². The molecular weight excluding hydrogens is 212 g/mol. The molecule has 1 aromatic heterocycles. The topological polar surface area (TPSA) is 97.1 Å². The van der Waals surface area contributed by atoms with Crippen LogP contribution in [0, 0.1) is 0 Å². The van der Waals surface area contributed by atoms with Crippen molar-refractivity contribution < 1.29 is 14.7 Å². The molecule has 0 aromatic carbocycles. The highest BCUT2D eigenvalue weighted by atomic mass is 16.4. The molecule has 16 heavy (non-hydrogen) atoms. The molecule has 1 aromatic rings. The van der Waals surface area contributed by atoms with E-state index in [1.54, 1.807) is 0 Å². The Kier molecular flexibility index (Phi) is 4.43. The van der Waals surface area contributed by atoms with Crippen molar-refractivity contribution in [1.29, 1.82) is 0 Å². The van der Waals surface area contributed by atoms with Gasteiger partial charge in [-0.25, -0.2) is 4.68 Å². The van der Waals surface area contributed by atoms with Crippen molar-refractivity contribution in [3.05, 3.63) is 11.9 Å². The lowest BCUT2D eigenvalue weighted by atomic mass is 10.3. The molecule has 0 aliphatic rings. The largest absolute Gasteiger partial charge is 0.481 e. The quantitative estimate of drug-likeness (QED) is 0.677. The summed E-state index contributed by atoms with van der Waals surface area (Å²) in [6, 6.07) is 0. The second-order valence-electron chi connectivity index (χ2n) is 3.33. The van der Waals surface area contributed by atoms with Crippen LogP contribution in [0.4, 0.5) is 0 Å². The summed E-state index contributed by atoms with van der Waals surface area (Å²) in [5.74, 6) is -1.13. The Morgan fingerprint density at radius 2 is 2.31 bits per heavy atom. The van der Waals surface area contributed by atoms with E-state index < -0.39 is 5.97 Å². The van der Waals surface area contributed by atoms with Crippen molar-refractivity contribution in [3.8, 4) is 0 Å². The van der Waals surface area contributed by atoms with Crippen LogP contribution in [0.5, 0.6) is 0 Å². The summed E-state index contributed by atoms with van der Waals surface area (Å²) in [5.41, 5.74) is 0.343. The highest BCUT2D eigenvalue weighted by Crippen LogP contribution is 1.94. The molecule has 88 valence electrons. The van der Waals surface area contributed by atoms with E-state index in [1.165, 1.54) is 10.9 Å². The maximum absolute atomic E-state index is 11.3. The molecule has 2 N–H and O–H groups in total. The molecule has 0 radical (unpaired) electrons. The first-order chi connectivity index (χ1) is 7.61. The molecule has 7 heteroatoms. The van der Waals surface area contributed by atoms with Crippen molar-refractivity contribution >= 4 is 11.9 Å². The number of aromatic nitrogens is 3. The Bertz CT molecular complexity index is 375. The fourth-order valence-electron chi connectivity index (χ4n) is 1.12. The van der Waals surface area contributed by atoms with Gasteiger partial charge in [0.2, 0.25) is 5.91 Å². The molecule has 7 nitrogen and oxygen atoms in total. The zero-order valence-corrected chi connectivity index (χ0v) is 9.01. The average molecular weight is 226 g/mol. The Balaban J connectivity index is 2.45. The lowest BCUT2D eigenvalue weighted by Gasteiger charge is -2.01. The third-order valence-electron chi connectivity index (χ3n) is 1.80. The summed E-state index contributed by atoms with van der Waals surface area (Å²) in [4.78, 5) is 21.7. The number of hydrogen-bond donors (Lipinski definition) is 2. The van der Waals surface area contributed by atoms with Crippen molar-refractivity contribution in [3.63, 3.8) is 0 Å². The van der Waals surface area contributed by atoms with Crippen LogP contribution in [0.1, 0.15) is 19.0 Å². The number of carbonyl (C=O) groups excluding carboxylic acids is 1. The molecule has 0 aliphatic heterocycles. The summed E-state index contributed by atoms with van der Waals surface area (Å²) < 4.78 is 1.32. The molecule has 0 aliphatic carbocycles. The Morgan fingerprint density at radius 3 is 2.94 bits per heavy atom. The minimum absolute atomic E-state index is 0.0621. The van der Waals surface area contributed by atoms with Gasteiger partial charge < -0.3 is 10.4 Å². The zero-order valence-electron chi connectivity index (χ0n) is 9.01. The van der Waals surface area contributed by atoms with E-state index in [9.17, 15) is 9.59 Å². The maximum atomic E-state index is 11.3. The van der Waals surface area contributed by atoms with Crippen LogP contribution in [0.25, 0.3) is 0 Å². The number of hydrogen-bond acceptors (Lipinski definition) is 4. The number of nitrogens with zero attached hydrogens (tertiary/aromatic N) is 3. The Hall–Kier alpha value is -1.92. The van der Waals surface area contributed by atoms with Gasteiger partial charge in [-0.1, -0.05) is 12.1 Å². The lowest BCUT2D eigenvalue weighted by molar-refractivity contribution is -0.136. The second-order valence-corrected chi connectivity index (χ2v) is 3.33. The van der Waals surface area contributed by atoms with Crippen LogP contribution in [0.2, 0.25) is 0 Å². The molecule has 1 heterocycles. The fourth-order valence-corrected chi connectivity index (χ4v) is 1.12. The molecule has 0 atom stereocenters. The van der Waals surface area contributed by atoms with E-state index in [2.05, 4.69) is 15.6 Å². The number of carboxylic acid groups (broad SMARTS) is 1. The van der Waals surface area contributed by atoms with Gasteiger partial charge in [0.05, 0.1) is 12.1 Å². The summed E-state index contributed by atoms with van der Waals surface area (Å²) in [7, 11) is 0. The summed E-state index contributed by atoms with van der Waals surface area (Å²) in [5, 5.41) is 18.5. The highest BCUT2D eigenvalue weighted by molar-refractivity contribution is 5.75. The molecule has 0 spiro atoms. The summed E-state index contributed by atoms with van der Waals surface area (Å²) in [6.45, 7) is 2.64. The van der Waals surface area contributed by atoms with Gasteiger partial charge in [-0.2, -0.15) is 0 Å². The third-order valence-corrected chi connectivity index (χ3v) is 1.80. The lowest BCUT2D eigenvalue weighted by Crippen LogP contribution is -2.28. The van der Waals surface area contributed by atoms with Crippen LogP contribution < -0.4 is 5.32 Å². The van der Waals surface area contributed by atoms with Crippen molar-refractivity contribution in [2.75, 3.05) is 6.54 Å². The van der Waals surface area contributed by atoms with E-state index in [4.69, 9.17) is 5.11 Å². The average Bonchev–Trinajstić information content (AvgIpc) is 2.61. The summed E-state index contributed by atoms with van der Waals surface area (Å²) in [6.07, 6.45) is 2.14. The standard InChI is InChI=1S/C9H14N4O3/c1-2-3-10-8(14)6-13-5-7(11-12-13)4-9(15)16/h5H,2-4,6H2,1H3,(H,10,14)(H,15,16). The minimum atomic E-state index is -0.970. The Labute approximate surface area is 92.4 Å². The van der Waals surface area contributed by atoms with Gasteiger partial charge in [0.25, 0.3) is 0 Å². The van der Waals surface area contributed by atoms with E-state index in [1.807, 2.05) is 6.92 Å². The monoisotopic (exact) mass is 226 g/mol. The normalized spacial score (nSPS) is 10.1. The van der Waals surface area contributed by atoms with Gasteiger partial charge in [-0.15, -0.1) is 5.10 Å². The molecule has 0 saturated carbocycles. The van der Waals surface area contributed by atoms with E-state index in [0.29, 0.717) is 12.2 Å². The molecule has 0 unspecified atom stereocenters. The van der Waals surface area contributed by atoms with Gasteiger partial charge in [0.1, 0.15) is 6.54 Å². The van der Waals surface area contributed by atoms with E-state index in [0.717, 1.165) is 6.42 Å². The molecule has 0 fully saturated rings. The Morgan fingerprint density at radius 1 is 1.56 bits per heavy atom. The molecule has 1 amide bonds. The zero-order chi connectivity index (χ0) is 12.0. The van der Waals surface area contributed by atoms with Gasteiger partial charge in [-0.3, -0.25) is 9.59 Å². The first-order valence-electron chi connectivity index (χ1n) is 4.99. The predicted octanol–water partition coefficient (Wildman–Crippen LogP) is -0.569. The predicted molar refractivity (Wildman–Crippen MR) is 54.7 cm³/mol. The van der Waals surface area contributed by atoms with E-state index >= 15 is 0 Å². The number of aliphatic carboxylic acids is 1. The SMILES string of the molecule is CCCNC(=O)Cn1cc(CC(=O)O)nn1. The van der Waals surface area contributed by atoms with Crippen LogP contribution >= 0.6 is 0 Å². The second kappa shape index (κ2) is 5.84. The number of amides is 1. The van der Waals surface area contributed by atoms with E-state index in [-0.39, 0.29) is 18.9 Å². The first-order valence-corrected chi connectivity index (χ1v) is 4.99. The van der Waals surface area contributed by atoms with Crippen molar-refractivity contribution in [2.45, 2.75) is 26.3 Å². The molecule has 0 bridgehead atoms. The number of carbonyl (C=O) groups is 2. The van der Waals surface area contributed by atoms with Crippen molar-refractivity contribution in [2.24, 2.45) is 0 Å². The van der Waals surface area contributed by atoms with Gasteiger partial charge in [-0.05, 0) is 6.42 Å². The van der Waals surface area contributed by atoms with Crippen LogP contribution in [0.3, 0.4) is 0 Å². The third kappa shape index (κ3) is 4.07. The fraction of sp³-hybridized carbons (Fsp3) is 0.556. The number of nitrogens with one attached hydrogen (secondary N) is 1. The first kappa shape index (κ1) is 12.2. The van der Waals surface area contributed by atoms with Crippen LogP contribution in [-0.4, -0.2) is 38.5 Å². The van der Waals surface area contributed by atoms with Crippen molar-refractivity contribution in [1.82, 2.24) is 20.3 Å². The van der Waals surface area contributed by atoms with Crippen LogP contribution in [0.15, 0.2) is 6.20 Å². The molecule has 0 saturated heterocycles. The highest BCUT2D eigenvalue weighted by Gasteiger charge is 2.07. The van der Waals surface area contributed by atoms with Gasteiger partial charge in [0, 0.05) is 12.7 Å². The molecular formula is C9H14N4O3. The number of carboxylic acids is 1. The molecule has 1 rings (SSSR count). The smallest absolute Gasteiger partial charge is 0.309 e. The minimum Gasteiger partial charge on any atom is -0.481 e. The van der Waals surface area contributed by atoms with Crippen LogP contribution in [-0.2, 0) is 22.6 Å². The number of rotatable bonds is 6. The van der Waals surface area contributed by atoms with Gasteiger partial charge >= 0.3 is 5.97 Å². The maximum Gasteiger partial charge on any atom is 0.309 e. The summed E-state index contributed by atoms with van der Waals surface area (Å²) >= 11 is 0.